The van der Waals surface area contributed by atoms with Gasteiger partial charge in [0.05, 0.1) is 0 Å². The van der Waals surface area contributed by atoms with Crippen LogP contribution in [0, 0.1) is 0 Å². The van der Waals surface area contributed by atoms with Gasteiger partial charge in [-0.1, -0.05) is 49.6 Å². The van der Waals surface area contributed by atoms with Crippen molar-refractivity contribution in [2.24, 2.45) is 0 Å². The molecule has 0 unspecified atom stereocenters. The number of unbranched alkanes of at least 4 members (excludes halogenated alkanes) is 3. The van der Waals surface area contributed by atoms with Gasteiger partial charge < -0.3 is 10.4 Å². The van der Waals surface area contributed by atoms with Crippen LogP contribution >= 0.6 is 0 Å². The van der Waals surface area contributed by atoms with Crippen molar-refractivity contribution in [3.63, 3.8) is 0 Å². The lowest BCUT2D eigenvalue weighted by Crippen LogP contribution is -2.21. The number of aryl methyl sites for hydroxylation is 1. The lowest BCUT2D eigenvalue weighted by atomic mass is 10.1. The highest BCUT2D eigenvalue weighted by molar-refractivity contribution is 5.14. The molecule has 2 nitrogen and oxygen atoms in total. The minimum absolute atomic E-state index is 0.339. The molecule has 0 saturated carbocycles. The normalized spacial score (nSPS) is 14.6. The van der Waals surface area contributed by atoms with Crippen LogP contribution in [0.2, 0.25) is 0 Å². The molecule has 2 rings (SSSR count). The minimum atomic E-state index is 0.339. The first-order valence-electron chi connectivity index (χ1n) is 7.79. The topological polar surface area (TPSA) is 32.3 Å². The van der Waals surface area contributed by atoms with Gasteiger partial charge in [0.25, 0.3) is 0 Å². The van der Waals surface area contributed by atoms with Gasteiger partial charge in [-0.25, -0.2) is 0 Å². The maximum Gasteiger partial charge on any atom is 0.0431 e. The average Bonchev–Trinajstić information content (AvgIpc) is 2.51. The van der Waals surface area contributed by atoms with E-state index in [1.807, 2.05) is 0 Å². The lowest BCUT2D eigenvalue weighted by Gasteiger charge is -2.08. The molecule has 1 aromatic carbocycles. The minimum Gasteiger partial charge on any atom is -0.396 e. The van der Waals surface area contributed by atoms with Crippen LogP contribution in [0.25, 0.3) is 0 Å². The van der Waals surface area contributed by atoms with Gasteiger partial charge in [-0.15, -0.1) is 0 Å². The second-order valence-electron chi connectivity index (χ2n) is 5.18. The molecule has 0 radical (unpaired) electrons. The van der Waals surface area contributed by atoms with E-state index in [1.54, 1.807) is 0 Å². The van der Waals surface area contributed by atoms with Crippen molar-refractivity contribution in [3.05, 3.63) is 35.9 Å². The fraction of sp³-hybridized carbons (Fsp3) is 0.647. The summed E-state index contributed by atoms with van der Waals surface area (Å²) in [5.74, 6) is 0. The van der Waals surface area contributed by atoms with Gasteiger partial charge in [0.1, 0.15) is 0 Å². The summed E-state index contributed by atoms with van der Waals surface area (Å²) in [5, 5.41) is 11.9. The second-order valence-corrected chi connectivity index (χ2v) is 5.18. The summed E-state index contributed by atoms with van der Waals surface area (Å²) in [4.78, 5) is 0. The van der Waals surface area contributed by atoms with Gasteiger partial charge in [0.15, 0.2) is 0 Å². The molecule has 108 valence electrons. The van der Waals surface area contributed by atoms with Gasteiger partial charge in [0, 0.05) is 6.61 Å². The Balaban J connectivity index is 0.000000250. The van der Waals surface area contributed by atoms with Gasteiger partial charge in [-0.05, 0) is 50.8 Å². The molecule has 0 bridgehead atoms. The van der Waals surface area contributed by atoms with E-state index in [1.165, 1.54) is 57.2 Å². The van der Waals surface area contributed by atoms with Crippen LogP contribution in [-0.4, -0.2) is 24.8 Å². The zero-order valence-electron chi connectivity index (χ0n) is 12.1. The summed E-state index contributed by atoms with van der Waals surface area (Å²) in [7, 11) is 0. The quantitative estimate of drug-likeness (QED) is 0.769. The summed E-state index contributed by atoms with van der Waals surface area (Å²) in [6.45, 7) is 2.84. The van der Waals surface area contributed by atoms with Crippen LogP contribution in [0.4, 0.5) is 0 Å². The van der Waals surface area contributed by atoms with E-state index in [0.29, 0.717) is 6.61 Å². The number of rotatable bonds is 6. The molecule has 0 aliphatic carbocycles. The molecule has 2 heteroatoms. The van der Waals surface area contributed by atoms with E-state index in [2.05, 4.69) is 35.6 Å². The number of aliphatic hydroxyl groups is 1. The summed E-state index contributed by atoms with van der Waals surface area (Å²) in [6.07, 6.45) is 9.97. The van der Waals surface area contributed by atoms with E-state index in [4.69, 9.17) is 5.11 Å². The average molecular weight is 263 g/mol. The fourth-order valence-corrected chi connectivity index (χ4v) is 2.24. The van der Waals surface area contributed by atoms with Crippen molar-refractivity contribution >= 4 is 0 Å². The lowest BCUT2D eigenvalue weighted by molar-refractivity contribution is 0.282. The predicted octanol–water partition coefficient (Wildman–Crippen LogP) is 3.54. The van der Waals surface area contributed by atoms with Crippen molar-refractivity contribution in [2.75, 3.05) is 19.7 Å². The third-order valence-corrected chi connectivity index (χ3v) is 3.42. The molecule has 2 N–H and O–H groups in total. The Morgan fingerprint density at radius 3 is 2.05 bits per heavy atom. The molecule has 1 heterocycles. The first-order chi connectivity index (χ1) is 9.43. The summed E-state index contributed by atoms with van der Waals surface area (Å²) in [6, 6.07) is 10.6. The van der Waals surface area contributed by atoms with Crippen LogP contribution in [-0.2, 0) is 6.42 Å². The van der Waals surface area contributed by atoms with Crippen molar-refractivity contribution in [2.45, 2.75) is 51.4 Å². The van der Waals surface area contributed by atoms with Crippen molar-refractivity contribution in [1.82, 2.24) is 5.32 Å². The van der Waals surface area contributed by atoms with E-state index in [0.717, 1.165) is 12.8 Å². The molecule has 0 atom stereocenters. The van der Waals surface area contributed by atoms with Crippen LogP contribution < -0.4 is 5.32 Å². The van der Waals surface area contributed by atoms with Crippen LogP contribution in [0.1, 0.15) is 50.5 Å². The number of hydrogen-bond donors (Lipinski definition) is 2. The van der Waals surface area contributed by atoms with Crippen LogP contribution in [0.5, 0.6) is 0 Å². The number of nitrogens with one attached hydrogen (secondary N) is 1. The number of aliphatic hydroxyl groups excluding tert-OH is 1. The van der Waals surface area contributed by atoms with Crippen LogP contribution in [0.3, 0.4) is 0 Å². The van der Waals surface area contributed by atoms with E-state index in [9.17, 15) is 0 Å². The van der Waals surface area contributed by atoms with E-state index >= 15 is 0 Å². The summed E-state index contributed by atoms with van der Waals surface area (Å²) in [5.41, 5.74) is 1.42. The van der Waals surface area contributed by atoms with Crippen LogP contribution in [0.15, 0.2) is 30.3 Å². The molecule has 1 aliphatic heterocycles. The second kappa shape index (κ2) is 12.2. The Hall–Kier alpha value is -0.860. The SMILES string of the molecule is C1CCNCC1.OCCCCCCc1ccccc1. The van der Waals surface area contributed by atoms with Gasteiger partial charge >= 0.3 is 0 Å². The third kappa shape index (κ3) is 9.69. The maximum absolute atomic E-state index is 8.58. The van der Waals surface area contributed by atoms with Gasteiger partial charge in [0.2, 0.25) is 0 Å². The Bertz CT molecular complexity index is 271. The number of hydrogen-bond acceptors (Lipinski definition) is 2. The summed E-state index contributed by atoms with van der Waals surface area (Å²) >= 11 is 0. The Morgan fingerprint density at radius 2 is 1.53 bits per heavy atom. The van der Waals surface area contributed by atoms with Crippen molar-refractivity contribution in [3.8, 4) is 0 Å². The molecular formula is C17H29NO. The van der Waals surface area contributed by atoms with Gasteiger partial charge in [-0.2, -0.15) is 0 Å². The molecule has 0 aromatic heterocycles. The molecule has 1 fully saturated rings. The zero-order chi connectivity index (χ0) is 13.6. The monoisotopic (exact) mass is 263 g/mol. The molecular weight excluding hydrogens is 234 g/mol. The smallest absolute Gasteiger partial charge is 0.0431 e. The number of piperidine rings is 1. The predicted molar refractivity (Wildman–Crippen MR) is 82.4 cm³/mol. The van der Waals surface area contributed by atoms with E-state index in [-0.39, 0.29) is 0 Å². The first kappa shape index (κ1) is 16.2. The van der Waals surface area contributed by atoms with Crippen molar-refractivity contribution in [1.29, 1.82) is 0 Å². The van der Waals surface area contributed by atoms with Crippen molar-refractivity contribution < 1.29 is 5.11 Å². The highest BCUT2D eigenvalue weighted by Crippen LogP contribution is 2.06. The summed E-state index contributed by atoms with van der Waals surface area (Å²) < 4.78 is 0. The molecule has 0 spiro atoms. The molecule has 0 amide bonds. The highest BCUT2D eigenvalue weighted by atomic mass is 16.2. The molecule has 1 aliphatic rings. The molecule has 1 aromatic rings. The fourth-order valence-electron chi connectivity index (χ4n) is 2.24. The largest absolute Gasteiger partial charge is 0.396 e. The number of benzene rings is 1. The Morgan fingerprint density at radius 1 is 0.842 bits per heavy atom. The molecule has 19 heavy (non-hydrogen) atoms. The Kier molecular flexibility index (Phi) is 10.4. The third-order valence-electron chi connectivity index (χ3n) is 3.42. The zero-order valence-corrected chi connectivity index (χ0v) is 12.1. The first-order valence-corrected chi connectivity index (χ1v) is 7.79. The highest BCUT2D eigenvalue weighted by Gasteiger charge is 1.93. The Labute approximate surface area is 118 Å². The maximum atomic E-state index is 8.58. The standard InChI is InChI=1S/C12H18O.C5H11N/c13-11-7-2-1-4-8-12-9-5-3-6-10-12;1-2-4-6-5-3-1/h3,5-6,9-10,13H,1-2,4,7-8,11H2;6H,1-5H2. The van der Waals surface area contributed by atoms with Gasteiger partial charge in [-0.3, -0.25) is 0 Å². The van der Waals surface area contributed by atoms with E-state index < -0.39 is 0 Å². The molecule has 1 saturated heterocycles.